The Labute approximate surface area is 118 Å². The summed E-state index contributed by atoms with van der Waals surface area (Å²) in [5, 5.41) is 0. The third-order valence-corrected chi connectivity index (χ3v) is 4.07. The van der Waals surface area contributed by atoms with Crippen molar-refractivity contribution in [1.29, 1.82) is 0 Å². The lowest BCUT2D eigenvalue weighted by molar-refractivity contribution is -0.922. The third-order valence-electron chi connectivity index (χ3n) is 4.07. The van der Waals surface area contributed by atoms with Gasteiger partial charge in [-0.2, -0.15) is 0 Å². The molecule has 2 heterocycles. The molecular formula is C15H19N2O3+. The van der Waals surface area contributed by atoms with Gasteiger partial charge in [0.2, 0.25) is 5.91 Å². The highest BCUT2D eigenvalue weighted by atomic mass is 16.5. The monoisotopic (exact) mass is 275 g/mol. The first-order chi connectivity index (χ1) is 9.66. The maximum Gasteiger partial charge on any atom is 0.292 e. The molecule has 1 atom stereocenters. The van der Waals surface area contributed by atoms with Gasteiger partial charge in [0.15, 0.2) is 6.04 Å². The summed E-state index contributed by atoms with van der Waals surface area (Å²) in [6.07, 6.45) is 0.308. The van der Waals surface area contributed by atoms with Gasteiger partial charge in [-0.15, -0.1) is 0 Å². The van der Waals surface area contributed by atoms with Crippen LogP contribution in [0.15, 0.2) is 24.3 Å². The molecule has 5 nitrogen and oxygen atoms in total. The van der Waals surface area contributed by atoms with E-state index in [4.69, 9.17) is 4.74 Å². The highest BCUT2D eigenvalue weighted by molar-refractivity contribution is 6.21. The second-order valence-electron chi connectivity index (χ2n) is 5.43. The zero-order valence-electron chi connectivity index (χ0n) is 11.6. The second-order valence-corrected chi connectivity index (χ2v) is 5.43. The van der Waals surface area contributed by atoms with Gasteiger partial charge in [-0.3, -0.25) is 9.59 Å². The Hall–Kier alpha value is -1.72. The summed E-state index contributed by atoms with van der Waals surface area (Å²) < 4.78 is 5.32. The molecule has 2 fully saturated rings. The number of amides is 2. The normalized spacial score (nSPS) is 24.4. The lowest BCUT2D eigenvalue weighted by Gasteiger charge is -2.27. The Balaban J connectivity index is 1.81. The van der Waals surface area contributed by atoms with Crippen molar-refractivity contribution in [3.05, 3.63) is 29.8 Å². The average Bonchev–Trinajstić information content (AvgIpc) is 2.76. The Kier molecular flexibility index (Phi) is 3.54. The molecule has 2 amide bonds. The summed E-state index contributed by atoms with van der Waals surface area (Å²) >= 11 is 0. The zero-order valence-corrected chi connectivity index (χ0v) is 11.6. The molecule has 0 saturated carbocycles. The fourth-order valence-corrected chi connectivity index (χ4v) is 2.90. The first kappa shape index (κ1) is 13.3. The van der Waals surface area contributed by atoms with Crippen molar-refractivity contribution >= 4 is 17.5 Å². The van der Waals surface area contributed by atoms with E-state index in [1.807, 2.05) is 31.2 Å². The first-order valence-corrected chi connectivity index (χ1v) is 7.02. The second kappa shape index (κ2) is 5.34. The Morgan fingerprint density at radius 3 is 2.45 bits per heavy atom. The van der Waals surface area contributed by atoms with Crippen LogP contribution in [0.25, 0.3) is 0 Å². The number of morpholine rings is 1. The molecule has 2 aliphatic rings. The minimum atomic E-state index is -0.243. The molecule has 20 heavy (non-hydrogen) atoms. The van der Waals surface area contributed by atoms with E-state index in [-0.39, 0.29) is 17.9 Å². The van der Waals surface area contributed by atoms with Gasteiger partial charge in [0.1, 0.15) is 13.1 Å². The fraction of sp³-hybridized carbons (Fsp3) is 0.467. The number of anilines is 1. The number of hydrogen-bond donors (Lipinski definition) is 1. The largest absolute Gasteiger partial charge is 0.370 e. The van der Waals surface area contributed by atoms with Crippen LogP contribution < -0.4 is 9.80 Å². The molecule has 1 N–H and O–H groups in total. The number of nitrogens with zero attached hydrogens (tertiary/aromatic N) is 1. The predicted molar refractivity (Wildman–Crippen MR) is 73.6 cm³/mol. The van der Waals surface area contributed by atoms with Gasteiger partial charge in [0.25, 0.3) is 5.91 Å². The van der Waals surface area contributed by atoms with Crippen molar-refractivity contribution in [2.24, 2.45) is 0 Å². The van der Waals surface area contributed by atoms with E-state index in [2.05, 4.69) is 0 Å². The highest BCUT2D eigenvalue weighted by Crippen LogP contribution is 2.22. The molecule has 0 spiro atoms. The number of aryl methyl sites for hydroxylation is 1. The minimum Gasteiger partial charge on any atom is -0.370 e. The molecule has 1 aromatic carbocycles. The Morgan fingerprint density at radius 2 is 1.80 bits per heavy atom. The molecule has 0 aromatic heterocycles. The third kappa shape index (κ3) is 2.34. The van der Waals surface area contributed by atoms with Crippen LogP contribution in [0.4, 0.5) is 5.69 Å². The zero-order chi connectivity index (χ0) is 14.1. The van der Waals surface area contributed by atoms with E-state index >= 15 is 0 Å². The summed E-state index contributed by atoms with van der Waals surface area (Å²) in [6, 6.07) is 7.27. The molecule has 2 saturated heterocycles. The van der Waals surface area contributed by atoms with Crippen LogP contribution >= 0.6 is 0 Å². The standard InChI is InChI=1S/C15H18N2O3/c1-11-2-4-12(5-3-11)17-14(18)10-13(15(17)19)16-6-8-20-9-7-16/h2-5,13H,6-10H2,1H3/p+1/t13-/m1/s1. The quantitative estimate of drug-likeness (QED) is 0.743. The van der Waals surface area contributed by atoms with Crippen LogP contribution in [-0.4, -0.2) is 44.2 Å². The van der Waals surface area contributed by atoms with E-state index in [1.165, 1.54) is 9.80 Å². The molecular weight excluding hydrogens is 256 g/mol. The van der Waals surface area contributed by atoms with E-state index in [1.54, 1.807) is 0 Å². The van der Waals surface area contributed by atoms with Gasteiger partial charge >= 0.3 is 0 Å². The van der Waals surface area contributed by atoms with Crippen molar-refractivity contribution < 1.29 is 19.2 Å². The van der Waals surface area contributed by atoms with E-state index in [9.17, 15) is 9.59 Å². The molecule has 106 valence electrons. The molecule has 0 aliphatic carbocycles. The number of hydrogen-bond acceptors (Lipinski definition) is 3. The van der Waals surface area contributed by atoms with E-state index in [0.717, 1.165) is 18.7 Å². The summed E-state index contributed by atoms with van der Waals surface area (Å²) in [5.41, 5.74) is 1.80. The minimum absolute atomic E-state index is 0.0734. The van der Waals surface area contributed by atoms with Gasteiger partial charge in [-0.25, -0.2) is 4.90 Å². The maximum atomic E-state index is 12.5. The van der Waals surface area contributed by atoms with Gasteiger partial charge < -0.3 is 9.64 Å². The van der Waals surface area contributed by atoms with Crippen LogP contribution in [0.2, 0.25) is 0 Å². The van der Waals surface area contributed by atoms with Gasteiger partial charge in [0.05, 0.1) is 25.3 Å². The lowest BCUT2D eigenvalue weighted by atomic mass is 10.2. The Morgan fingerprint density at radius 1 is 1.15 bits per heavy atom. The molecule has 0 radical (unpaired) electrons. The van der Waals surface area contributed by atoms with Crippen LogP contribution in [0, 0.1) is 6.92 Å². The fourth-order valence-electron chi connectivity index (χ4n) is 2.90. The van der Waals surface area contributed by atoms with Crippen molar-refractivity contribution in [1.82, 2.24) is 0 Å². The van der Waals surface area contributed by atoms with Crippen LogP contribution in [0.1, 0.15) is 12.0 Å². The highest BCUT2D eigenvalue weighted by Gasteiger charge is 2.45. The number of carbonyl (C=O) groups excluding carboxylic acids is 2. The number of carbonyl (C=O) groups is 2. The Bertz CT molecular complexity index is 520. The number of quaternary nitrogens is 1. The number of benzene rings is 1. The topological polar surface area (TPSA) is 51.1 Å². The molecule has 0 unspecified atom stereocenters. The van der Waals surface area contributed by atoms with Crippen LogP contribution in [0.3, 0.4) is 0 Å². The summed E-state index contributed by atoms with van der Waals surface area (Å²) in [5.74, 6) is -0.168. The molecule has 3 rings (SSSR count). The van der Waals surface area contributed by atoms with Crippen molar-refractivity contribution in [3.8, 4) is 0 Å². The van der Waals surface area contributed by atoms with Crippen LogP contribution in [-0.2, 0) is 14.3 Å². The summed E-state index contributed by atoms with van der Waals surface area (Å²) in [6.45, 7) is 4.91. The number of ether oxygens (including phenoxy) is 1. The van der Waals surface area contributed by atoms with Gasteiger partial charge in [0, 0.05) is 0 Å². The number of nitrogens with one attached hydrogen (secondary N) is 1. The van der Waals surface area contributed by atoms with Crippen LogP contribution in [0.5, 0.6) is 0 Å². The van der Waals surface area contributed by atoms with E-state index in [0.29, 0.717) is 25.3 Å². The summed E-state index contributed by atoms with van der Waals surface area (Å²) in [4.78, 5) is 27.2. The predicted octanol–water partition coefficient (Wildman–Crippen LogP) is -0.458. The molecule has 0 bridgehead atoms. The first-order valence-electron chi connectivity index (χ1n) is 7.02. The van der Waals surface area contributed by atoms with Gasteiger partial charge in [-0.05, 0) is 19.1 Å². The maximum absolute atomic E-state index is 12.5. The SMILES string of the molecule is Cc1ccc(N2C(=O)C[C@@H]([NH+]3CCOCC3)C2=O)cc1. The molecule has 5 heteroatoms. The molecule has 2 aliphatic heterocycles. The average molecular weight is 275 g/mol. The van der Waals surface area contributed by atoms with E-state index < -0.39 is 0 Å². The lowest BCUT2D eigenvalue weighted by Crippen LogP contribution is -3.18. The smallest absolute Gasteiger partial charge is 0.292 e. The number of imide groups is 1. The van der Waals surface area contributed by atoms with Crippen molar-refractivity contribution in [2.75, 3.05) is 31.2 Å². The molecule has 1 aromatic rings. The van der Waals surface area contributed by atoms with Gasteiger partial charge in [-0.1, -0.05) is 17.7 Å². The van der Waals surface area contributed by atoms with Crippen molar-refractivity contribution in [2.45, 2.75) is 19.4 Å². The van der Waals surface area contributed by atoms with Crippen molar-refractivity contribution in [3.63, 3.8) is 0 Å². The summed E-state index contributed by atoms with van der Waals surface area (Å²) in [7, 11) is 0. The number of rotatable bonds is 2.